The van der Waals surface area contributed by atoms with Gasteiger partial charge < -0.3 is 10.2 Å². The molecule has 3 atom stereocenters. The number of amides is 1. The lowest BCUT2D eigenvalue weighted by Crippen LogP contribution is -2.49. The number of likely N-dealkylation sites (tertiary alicyclic amines) is 1. The molecule has 1 N–H and O–H groups in total. The number of rotatable bonds is 3. The predicted molar refractivity (Wildman–Crippen MR) is 72.4 cm³/mol. The van der Waals surface area contributed by atoms with Crippen LogP contribution < -0.4 is 5.32 Å². The van der Waals surface area contributed by atoms with Gasteiger partial charge in [0.15, 0.2) is 0 Å². The first-order valence-electron chi connectivity index (χ1n) is 6.69. The SMILES string of the molecule is CNCC(C)C(=O)N1CCCC2CCCC21.Cl. The molecule has 1 aliphatic heterocycles. The molecule has 1 aliphatic carbocycles. The van der Waals surface area contributed by atoms with Crippen LogP contribution >= 0.6 is 12.4 Å². The average molecular weight is 261 g/mol. The monoisotopic (exact) mass is 260 g/mol. The molecule has 1 amide bonds. The number of carbonyl (C=O) groups excluding carboxylic acids is 1. The summed E-state index contributed by atoms with van der Waals surface area (Å²) in [5.41, 5.74) is 0. The van der Waals surface area contributed by atoms with E-state index in [2.05, 4.69) is 10.2 Å². The second-order valence-corrected chi connectivity index (χ2v) is 5.39. The summed E-state index contributed by atoms with van der Waals surface area (Å²) in [6.07, 6.45) is 6.45. The zero-order valence-electron chi connectivity index (χ0n) is 10.9. The van der Waals surface area contributed by atoms with E-state index in [9.17, 15) is 4.79 Å². The topological polar surface area (TPSA) is 32.3 Å². The van der Waals surface area contributed by atoms with Crippen molar-refractivity contribution < 1.29 is 4.79 Å². The van der Waals surface area contributed by atoms with Crippen molar-refractivity contribution in [3.8, 4) is 0 Å². The van der Waals surface area contributed by atoms with Crippen LogP contribution in [0.5, 0.6) is 0 Å². The van der Waals surface area contributed by atoms with Gasteiger partial charge in [0, 0.05) is 25.0 Å². The number of nitrogens with zero attached hydrogens (tertiary/aromatic N) is 1. The summed E-state index contributed by atoms with van der Waals surface area (Å²) in [4.78, 5) is 14.5. The number of nitrogens with one attached hydrogen (secondary N) is 1. The van der Waals surface area contributed by atoms with Gasteiger partial charge in [-0.2, -0.15) is 0 Å². The van der Waals surface area contributed by atoms with E-state index in [0.29, 0.717) is 11.9 Å². The molecule has 4 heteroatoms. The fourth-order valence-electron chi connectivity index (χ4n) is 3.40. The van der Waals surface area contributed by atoms with Crippen LogP contribution in [-0.2, 0) is 4.79 Å². The highest BCUT2D eigenvalue weighted by atomic mass is 35.5. The molecule has 0 bridgehead atoms. The maximum Gasteiger partial charge on any atom is 0.226 e. The number of carbonyl (C=O) groups is 1. The lowest BCUT2D eigenvalue weighted by molar-refractivity contribution is -0.139. The predicted octanol–water partition coefficient (Wildman–Crippen LogP) is 2.05. The van der Waals surface area contributed by atoms with Gasteiger partial charge in [-0.1, -0.05) is 13.3 Å². The molecule has 2 rings (SSSR count). The molecule has 17 heavy (non-hydrogen) atoms. The number of hydrogen-bond donors (Lipinski definition) is 1. The van der Waals surface area contributed by atoms with Crippen LogP contribution in [0.4, 0.5) is 0 Å². The van der Waals surface area contributed by atoms with Gasteiger partial charge in [-0.25, -0.2) is 0 Å². The lowest BCUT2D eigenvalue weighted by Gasteiger charge is -2.39. The Labute approximate surface area is 111 Å². The molecule has 0 spiro atoms. The fraction of sp³-hybridized carbons (Fsp3) is 0.923. The molecule has 1 heterocycles. The largest absolute Gasteiger partial charge is 0.339 e. The van der Waals surface area contributed by atoms with Crippen molar-refractivity contribution in [2.45, 2.75) is 45.1 Å². The average Bonchev–Trinajstić information content (AvgIpc) is 2.76. The molecule has 0 aromatic rings. The van der Waals surface area contributed by atoms with Gasteiger partial charge in [-0.15, -0.1) is 12.4 Å². The highest BCUT2D eigenvalue weighted by Gasteiger charge is 2.38. The second-order valence-electron chi connectivity index (χ2n) is 5.39. The van der Waals surface area contributed by atoms with E-state index in [-0.39, 0.29) is 18.3 Å². The minimum Gasteiger partial charge on any atom is -0.339 e. The molecule has 1 saturated heterocycles. The minimum atomic E-state index is 0. The van der Waals surface area contributed by atoms with Crippen molar-refractivity contribution in [1.29, 1.82) is 0 Å². The summed E-state index contributed by atoms with van der Waals surface area (Å²) < 4.78 is 0. The van der Waals surface area contributed by atoms with Crippen LogP contribution in [-0.4, -0.2) is 37.0 Å². The fourth-order valence-corrected chi connectivity index (χ4v) is 3.40. The Morgan fingerprint density at radius 1 is 1.35 bits per heavy atom. The summed E-state index contributed by atoms with van der Waals surface area (Å²) in [5, 5.41) is 3.10. The maximum absolute atomic E-state index is 12.3. The molecule has 0 aromatic carbocycles. The number of hydrogen-bond acceptors (Lipinski definition) is 2. The smallest absolute Gasteiger partial charge is 0.226 e. The standard InChI is InChI=1S/C13H24N2O.ClH/c1-10(9-14-2)13(16)15-8-4-6-11-5-3-7-12(11)15;/h10-12,14H,3-9H2,1-2H3;1H. The number of halogens is 1. The first-order chi connectivity index (χ1) is 7.74. The molecule has 1 saturated carbocycles. The van der Waals surface area contributed by atoms with Gasteiger partial charge in [0.25, 0.3) is 0 Å². The third kappa shape index (κ3) is 3.14. The Kier molecular flexibility index (Phi) is 5.74. The lowest BCUT2D eigenvalue weighted by atomic mass is 9.91. The van der Waals surface area contributed by atoms with Crippen molar-refractivity contribution in [1.82, 2.24) is 10.2 Å². The van der Waals surface area contributed by atoms with Gasteiger partial charge in [0.05, 0.1) is 0 Å². The quantitative estimate of drug-likeness (QED) is 0.843. The van der Waals surface area contributed by atoms with Crippen LogP contribution in [0.2, 0.25) is 0 Å². The zero-order valence-corrected chi connectivity index (χ0v) is 11.8. The number of fused-ring (bicyclic) bond motifs is 1. The Morgan fingerprint density at radius 2 is 2.06 bits per heavy atom. The molecule has 100 valence electrons. The number of piperidine rings is 1. The maximum atomic E-state index is 12.3. The Hall–Kier alpha value is -0.280. The Balaban J connectivity index is 0.00000144. The van der Waals surface area contributed by atoms with E-state index < -0.39 is 0 Å². The highest BCUT2D eigenvalue weighted by molar-refractivity contribution is 5.85. The van der Waals surface area contributed by atoms with E-state index in [1.54, 1.807) is 0 Å². The van der Waals surface area contributed by atoms with E-state index in [1.807, 2.05) is 14.0 Å². The van der Waals surface area contributed by atoms with E-state index in [1.165, 1.54) is 32.1 Å². The molecular weight excluding hydrogens is 236 g/mol. The van der Waals surface area contributed by atoms with E-state index in [0.717, 1.165) is 19.0 Å². The van der Waals surface area contributed by atoms with Gasteiger partial charge >= 0.3 is 0 Å². The first-order valence-corrected chi connectivity index (χ1v) is 6.69. The second kappa shape index (κ2) is 6.60. The third-order valence-corrected chi connectivity index (χ3v) is 4.21. The van der Waals surface area contributed by atoms with Crippen LogP contribution in [0.1, 0.15) is 39.0 Å². The minimum absolute atomic E-state index is 0. The van der Waals surface area contributed by atoms with Crippen molar-refractivity contribution >= 4 is 18.3 Å². The van der Waals surface area contributed by atoms with Crippen molar-refractivity contribution in [3.63, 3.8) is 0 Å². The van der Waals surface area contributed by atoms with Gasteiger partial charge in [-0.05, 0) is 38.6 Å². The molecule has 0 radical (unpaired) electrons. The molecule has 3 nitrogen and oxygen atoms in total. The molecular formula is C13H25ClN2O. The summed E-state index contributed by atoms with van der Waals surface area (Å²) in [5.74, 6) is 1.30. The van der Waals surface area contributed by atoms with Crippen molar-refractivity contribution in [2.75, 3.05) is 20.1 Å². The van der Waals surface area contributed by atoms with Crippen LogP contribution in [0.25, 0.3) is 0 Å². The van der Waals surface area contributed by atoms with E-state index >= 15 is 0 Å². The Bertz CT molecular complexity index is 260. The Morgan fingerprint density at radius 3 is 2.76 bits per heavy atom. The summed E-state index contributed by atoms with van der Waals surface area (Å²) in [6.45, 7) is 3.83. The van der Waals surface area contributed by atoms with Crippen LogP contribution in [0, 0.1) is 11.8 Å². The molecule has 2 aliphatic rings. The van der Waals surface area contributed by atoms with Crippen LogP contribution in [0.15, 0.2) is 0 Å². The van der Waals surface area contributed by atoms with Gasteiger partial charge in [0.1, 0.15) is 0 Å². The highest BCUT2D eigenvalue weighted by Crippen LogP contribution is 2.37. The van der Waals surface area contributed by atoms with Crippen LogP contribution in [0.3, 0.4) is 0 Å². The van der Waals surface area contributed by atoms with E-state index in [4.69, 9.17) is 0 Å². The summed E-state index contributed by atoms with van der Waals surface area (Å²) in [7, 11) is 1.92. The van der Waals surface area contributed by atoms with Crippen molar-refractivity contribution in [3.05, 3.63) is 0 Å². The summed E-state index contributed by atoms with van der Waals surface area (Å²) in [6, 6.07) is 0.570. The summed E-state index contributed by atoms with van der Waals surface area (Å²) >= 11 is 0. The molecule has 2 fully saturated rings. The molecule has 0 aromatic heterocycles. The van der Waals surface area contributed by atoms with Crippen molar-refractivity contribution in [2.24, 2.45) is 11.8 Å². The first kappa shape index (κ1) is 14.8. The van der Waals surface area contributed by atoms with Gasteiger partial charge in [-0.3, -0.25) is 4.79 Å². The van der Waals surface area contributed by atoms with Gasteiger partial charge in [0.2, 0.25) is 5.91 Å². The normalized spacial score (nSPS) is 29.4. The zero-order chi connectivity index (χ0) is 11.5. The third-order valence-electron chi connectivity index (χ3n) is 4.21. The molecule has 3 unspecified atom stereocenters.